The number of rotatable bonds is 8. The summed E-state index contributed by atoms with van der Waals surface area (Å²) in [4.78, 5) is 29.9. The minimum Gasteiger partial charge on any atom is -0.480 e. The molecule has 7 heteroatoms. The summed E-state index contributed by atoms with van der Waals surface area (Å²) < 4.78 is 5.29. The van der Waals surface area contributed by atoms with Crippen molar-refractivity contribution in [2.45, 2.75) is 64.0 Å². The molecule has 2 aromatic rings. The average Bonchev–Trinajstić information content (AvgIpc) is 3.35. The van der Waals surface area contributed by atoms with E-state index in [9.17, 15) is 14.7 Å². The van der Waals surface area contributed by atoms with Crippen molar-refractivity contribution in [3.8, 4) is 0 Å². The normalized spacial score (nSPS) is 15.6. The SMILES string of the molecule is CC(C(=O)O)N(Cc1ccccc1)C(=O)CCc1nc(C2CCCC2)no1. The predicted octanol–water partition coefficient (Wildman–Crippen LogP) is 3.16. The summed E-state index contributed by atoms with van der Waals surface area (Å²) in [6.07, 6.45) is 4.99. The zero-order valence-electron chi connectivity index (χ0n) is 15.5. The molecule has 0 radical (unpaired) electrons. The highest BCUT2D eigenvalue weighted by Crippen LogP contribution is 2.32. The Bertz CT molecular complexity index is 769. The summed E-state index contributed by atoms with van der Waals surface area (Å²) >= 11 is 0. The van der Waals surface area contributed by atoms with Crippen LogP contribution in [-0.2, 0) is 22.6 Å². The van der Waals surface area contributed by atoms with E-state index in [-0.39, 0.29) is 18.9 Å². The summed E-state index contributed by atoms with van der Waals surface area (Å²) in [6.45, 7) is 1.78. The van der Waals surface area contributed by atoms with E-state index in [0.717, 1.165) is 24.2 Å². The Morgan fingerprint density at radius 1 is 1.26 bits per heavy atom. The molecule has 0 spiro atoms. The average molecular weight is 371 g/mol. The molecular weight excluding hydrogens is 346 g/mol. The van der Waals surface area contributed by atoms with E-state index in [0.29, 0.717) is 18.2 Å². The molecule has 0 saturated heterocycles. The van der Waals surface area contributed by atoms with Gasteiger partial charge in [0.2, 0.25) is 11.8 Å². The van der Waals surface area contributed by atoms with Crippen molar-refractivity contribution in [3.63, 3.8) is 0 Å². The summed E-state index contributed by atoms with van der Waals surface area (Å²) in [5.74, 6) is 0.262. The van der Waals surface area contributed by atoms with E-state index < -0.39 is 12.0 Å². The fourth-order valence-corrected chi connectivity index (χ4v) is 3.43. The molecule has 1 fully saturated rings. The maximum atomic E-state index is 12.7. The van der Waals surface area contributed by atoms with Crippen molar-refractivity contribution in [1.82, 2.24) is 15.0 Å². The fourth-order valence-electron chi connectivity index (χ4n) is 3.43. The molecule has 1 amide bonds. The van der Waals surface area contributed by atoms with Gasteiger partial charge in [-0.05, 0) is 25.3 Å². The highest BCUT2D eigenvalue weighted by atomic mass is 16.5. The molecule has 1 aromatic heterocycles. The first-order chi connectivity index (χ1) is 13.0. The molecule has 1 unspecified atom stereocenters. The van der Waals surface area contributed by atoms with Crippen LogP contribution in [-0.4, -0.2) is 38.1 Å². The predicted molar refractivity (Wildman–Crippen MR) is 97.9 cm³/mol. The Morgan fingerprint density at radius 2 is 1.96 bits per heavy atom. The molecule has 27 heavy (non-hydrogen) atoms. The van der Waals surface area contributed by atoms with Gasteiger partial charge in [0, 0.05) is 25.3 Å². The number of amides is 1. The number of carboxylic acids is 1. The van der Waals surface area contributed by atoms with E-state index >= 15 is 0 Å². The quantitative estimate of drug-likeness (QED) is 0.766. The first kappa shape index (κ1) is 19.1. The van der Waals surface area contributed by atoms with E-state index in [2.05, 4.69) is 10.1 Å². The number of carbonyl (C=O) groups is 2. The van der Waals surface area contributed by atoms with Gasteiger partial charge >= 0.3 is 5.97 Å². The third-order valence-electron chi connectivity index (χ3n) is 5.10. The van der Waals surface area contributed by atoms with Crippen LogP contribution in [0.2, 0.25) is 0 Å². The number of hydrogen-bond acceptors (Lipinski definition) is 5. The molecule has 3 rings (SSSR count). The van der Waals surface area contributed by atoms with Gasteiger partial charge in [-0.3, -0.25) is 4.79 Å². The van der Waals surface area contributed by atoms with E-state index in [1.54, 1.807) is 0 Å². The molecule has 0 bridgehead atoms. The lowest BCUT2D eigenvalue weighted by Gasteiger charge is -2.26. The highest BCUT2D eigenvalue weighted by Gasteiger charge is 2.26. The van der Waals surface area contributed by atoms with Crippen LogP contribution in [0.5, 0.6) is 0 Å². The number of hydrogen-bond donors (Lipinski definition) is 1. The van der Waals surface area contributed by atoms with Crippen LogP contribution in [0.15, 0.2) is 34.9 Å². The fraction of sp³-hybridized carbons (Fsp3) is 0.500. The lowest BCUT2D eigenvalue weighted by molar-refractivity contribution is -0.150. The van der Waals surface area contributed by atoms with Gasteiger partial charge in [-0.25, -0.2) is 4.79 Å². The van der Waals surface area contributed by atoms with Gasteiger partial charge in [0.25, 0.3) is 0 Å². The molecule has 1 aliphatic rings. The van der Waals surface area contributed by atoms with Crippen molar-refractivity contribution in [1.29, 1.82) is 0 Å². The first-order valence-corrected chi connectivity index (χ1v) is 9.43. The Balaban J connectivity index is 1.62. The highest BCUT2D eigenvalue weighted by molar-refractivity contribution is 5.83. The minimum atomic E-state index is -1.03. The third-order valence-corrected chi connectivity index (χ3v) is 5.10. The van der Waals surface area contributed by atoms with Gasteiger partial charge in [-0.15, -0.1) is 0 Å². The Morgan fingerprint density at radius 3 is 2.63 bits per heavy atom. The molecule has 1 aromatic carbocycles. The molecule has 1 aliphatic carbocycles. The first-order valence-electron chi connectivity index (χ1n) is 9.43. The van der Waals surface area contributed by atoms with Crippen LogP contribution in [0.4, 0.5) is 0 Å². The van der Waals surface area contributed by atoms with Crippen molar-refractivity contribution in [2.75, 3.05) is 0 Å². The number of carbonyl (C=O) groups excluding carboxylic acids is 1. The zero-order chi connectivity index (χ0) is 19.2. The lowest BCUT2D eigenvalue weighted by Crippen LogP contribution is -2.42. The Kier molecular flexibility index (Phi) is 6.21. The van der Waals surface area contributed by atoms with Gasteiger partial charge in [0.05, 0.1) is 0 Å². The van der Waals surface area contributed by atoms with E-state index in [1.807, 2.05) is 30.3 Å². The van der Waals surface area contributed by atoms with Crippen molar-refractivity contribution in [3.05, 3.63) is 47.6 Å². The van der Waals surface area contributed by atoms with Gasteiger partial charge in [0.15, 0.2) is 5.82 Å². The van der Waals surface area contributed by atoms with Crippen LogP contribution in [0, 0.1) is 0 Å². The summed E-state index contributed by atoms with van der Waals surface area (Å²) in [6, 6.07) is 8.46. The number of aliphatic carboxylic acids is 1. The molecule has 1 heterocycles. The second-order valence-corrected chi connectivity index (χ2v) is 7.05. The topological polar surface area (TPSA) is 96.5 Å². The lowest BCUT2D eigenvalue weighted by atomic mass is 10.1. The van der Waals surface area contributed by atoms with Crippen LogP contribution >= 0.6 is 0 Å². The van der Waals surface area contributed by atoms with Gasteiger partial charge in [-0.1, -0.05) is 48.3 Å². The molecule has 144 valence electrons. The van der Waals surface area contributed by atoms with Gasteiger partial charge in [-0.2, -0.15) is 4.98 Å². The molecule has 0 aliphatic heterocycles. The van der Waals surface area contributed by atoms with E-state index in [1.165, 1.54) is 24.7 Å². The molecule has 7 nitrogen and oxygen atoms in total. The van der Waals surface area contributed by atoms with Crippen LogP contribution in [0.3, 0.4) is 0 Å². The minimum absolute atomic E-state index is 0.136. The summed E-state index contributed by atoms with van der Waals surface area (Å²) in [5, 5.41) is 13.4. The number of nitrogens with zero attached hydrogens (tertiary/aromatic N) is 3. The van der Waals surface area contributed by atoms with Crippen LogP contribution < -0.4 is 0 Å². The van der Waals surface area contributed by atoms with Gasteiger partial charge < -0.3 is 14.5 Å². The molecule has 1 N–H and O–H groups in total. The Hall–Kier alpha value is -2.70. The summed E-state index contributed by atoms with van der Waals surface area (Å²) in [5.41, 5.74) is 0.889. The van der Waals surface area contributed by atoms with Gasteiger partial charge in [0.1, 0.15) is 6.04 Å². The smallest absolute Gasteiger partial charge is 0.326 e. The Labute approximate surface area is 158 Å². The van der Waals surface area contributed by atoms with Crippen molar-refractivity contribution in [2.24, 2.45) is 0 Å². The molecular formula is C20H25N3O4. The number of aromatic nitrogens is 2. The number of aryl methyl sites for hydroxylation is 1. The van der Waals surface area contributed by atoms with E-state index in [4.69, 9.17) is 4.52 Å². The standard InChI is InChI=1S/C20H25N3O4/c1-14(20(25)26)23(13-15-7-3-2-4-8-15)18(24)12-11-17-21-19(22-27-17)16-9-5-6-10-16/h2-4,7-8,14,16H,5-6,9-13H2,1H3,(H,25,26). The molecule has 1 saturated carbocycles. The van der Waals surface area contributed by atoms with Crippen LogP contribution in [0.1, 0.15) is 62.2 Å². The largest absolute Gasteiger partial charge is 0.480 e. The maximum absolute atomic E-state index is 12.7. The maximum Gasteiger partial charge on any atom is 0.326 e. The molecule has 1 atom stereocenters. The second-order valence-electron chi connectivity index (χ2n) is 7.05. The second kappa shape index (κ2) is 8.79. The summed E-state index contributed by atoms with van der Waals surface area (Å²) in [7, 11) is 0. The van der Waals surface area contributed by atoms with Crippen LogP contribution in [0.25, 0.3) is 0 Å². The number of carboxylic acid groups (broad SMARTS) is 1. The number of benzene rings is 1. The zero-order valence-corrected chi connectivity index (χ0v) is 15.5. The third kappa shape index (κ3) is 4.93. The van der Waals surface area contributed by atoms with Crippen molar-refractivity contribution < 1.29 is 19.2 Å². The van der Waals surface area contributed by atoms with Crippen molar-refractivity contribution >= 4 is 11.9 Å². The monoisotopic (exact) mass is 371 g/mol.